The van der Waals surface area contributed by atoms with Gasteiger partial charge in [-0.2, -0.15) is 0 Å². The Hall–Kier alpha value is -3.60. The molecule has 1 aliphatic heterocycles. The van der Waals surface area contributed by atoms with Gasteiger partial charge in [0, 0.05) is 24.2 Å². The Labute approximate surface area is 176 Å². The van der Waals surface area contributed by atoms with E-state index in [1.54, 1.807) is 48.1 Å². The molecular formula is C25H24N2O3. The molecule has 0 aliphatic carbocycles. The summed E-state index contributed by atoms with van der Waals surface area (Å²) in [7, 11) is 1.57. The molecule has 3 aromatic rings. The molecule has 0 saturated carbocycles. The lowest BCUT2D eigenvalue weighted by molar-refractivity contribution is -0.124. The summed E-state index contributed by atoms with van der Waals surface area (Å²) in [6.07, 6.45) is 0. The van der Waals surface area contributed by atoms with Gasteiger partial charge in [-0.1, -0.05) is 54.6 Å². The number of piperazine rings is 1. The van der Waals surface area contributed by atoms with E-state index in [2.05, 4.69) is 0 Å². The van der Waals surface area contributed by atoms with Crippen molar-refractivity contribution in [3.8, 4) is 16.9 Å². The van der Waals surface area contributed by atoms with Crippen LogP contribution in [0.1, 0.15) is 17.3 Å². The minimum absolute atomic E-state index is 0.0825. The topological polar surface area (TPSA) is 49.9 Å². The first-order chi connectivity index (χ1) is 14.6. The van der Waals surface area contributed by atoms with Crippen molar-refractivity contribution in [1.29, 1.82) is 0 Å². The highest BCUT2D eigenvalue weighted by molar-refractivity contribution is 6.05. The van der Waals surface area contributed by atoms with E-state index in [1.165, 1.54) is 0 Å². The SMILES string of the molecule is COc1cccc(C(=O)N2CCN(c3ccccc3-c3ccccc3)C(=O)C2C)c1. The highest BCUT2D eigenvalue weighted by atomic mass is 16.5. The number of ether oxygens (including phenoxy) is 1. The van der Waals surface area contributed by atoms with Gasteiger partial charge in [-0.15, -0.1) is 0 Å². The van der Waals surface area contributed by atoms with Crippen molar-refractivity contribution in [1.82, 2.24) is 4.90 Å². The molecule has 1 heterocycles. The Morgan fingerprint density at radius 3 is 2.43 bits per heavy atom. The number of carbonyl (C=O) groups excluding carboxylic acids is 2. The van der Waals surface area contributed by atoms with Gasteiger partial charge < -0.3 is 14.5 Å². The predicted molar refractivity (Wildman–Crippen MR) is 118 cm³/mol. The van der Waals surface area contributed by atoms with Gasteiger partial charge in [0.1, 0.15) is 11.8 Å². The normalized spacial score (nSPS) is 16.5. The second-order valence-corrected chi connectivity index (χ2v) is 7.28. The van der Waals surface area contributed by atoms with E-state index in [9.17, 15) is 9.59 Å². The van der Waals surface area contributed by atoms with Crippen molar-refractivity contribution in [3.63, 3.8) is 0 Å². The van der Waals surface area contributed by atoms with Crippen LogP contribution in [0.2, 0.25) is 0 Å². The minimum atomic E-state index is -0.554. The maximum atomic E-state index is 13.3. The number of methoxy groups -OCH3 is 1. The summed E-state index contributed by atoms with van der Waals surface area (Å²) in [5.74, 6) is 0.377. The molecule has 0 aromatic heterocycles. The van der Waals surface area contributed by atoms with Gasteiger partial charge in [0.15, 0.2) is 0 Å². The van der Waals surface area contributed by atoms with Gasteiger partial charge in [0.25, 0.3) is 5.91 Å². The van der Waals surface area contributed by atoms with Crippen LogP contribution < -0.4 is 9.64 Å². The number of nitrogens with zero attached hydrogens (tertiary/aromatic N) is 2. The molecule has 1 unspecified atom stereocenters. The number of benzene rings is 3. The predicted octanol–water partition coefficient (Wildman–Crippen LogP) is 4.24. The third kappa shape index (κ3) is 3.66. The molecule has 2 amide bonds. The van der Waals surface area contributed by atoms with E-state index in [0.717, 1.165) is 16.8 Å². The van der Waals surface area contributed by atoms with Crippen LogP contribution in [0.3, 0.4) is 0 Å². The molecule has 3 aromatic carbocycles. The van der Waals surface area contributed by atoms with Gasteiger partial charge in [-0.3, -0.25) is 9.59 Å². The highest BCUT2D eigenvalue weighted by Crippen LogP contribution is 2.32. The molecule has 5 nitrogen and oxygen atoms in total. The van der Waals surface area contributed by atoms with Crippen LogP contribution in [-0.2, 0) is 4.79 Å². The van der Waals surface area contributed by atoms with E-state index in [-0.39, 0.29) is 11.8 Å². The Bertz CT molecular complexity index is 1060. The van der Waals surface area contributed by atoms with E-state index in [1.807, 2.05) is 54.6 Å². The van der Waals surface area contributed by atoms with Gasteiger partial charge >= 0.3 is 0 Å². The van der Waals surface area contributed by atoms with E-state index >= 15 is 0 Å². The third-order valence-corrected chi connectivity index (χ3v) is 5.51. The summed E-state index contributed by atoms with van der Waals surface area (Å²) in [4.78, 5) is 29.8. The van der Waals surface area contributed by atoms with Crippen molar-refractivity contribution in [2.45, 2.75) is 13.0 Å². The summed E-state index contributed by atoms with van der Waals surface area (Å²) in [5, 5.41) is 0. The lowest BCUT2D eigenvalue weighted by Crippen LogP contribution is -2.57. The Morgan fingerprint density at radius 1 is 0.933 bits per heavy atom. The average Bonchev–Trinajstić information content (AvgIpc) is 2.81. The van der Waals surface area contributed by atoms with Crippen molar-refractivity contribution in [3.05, 3.63) is 84.4 Å². The number of para-hydroxylation sites is 1. The molecule has 4 rings (SSSR count). The van der Waals surface area contributed by atoms with E-state index in [4.69, 9.17) is 4.74 Å². The van der Waals surface area contributed by atoms with Crippen LogP contribution in [0.15, 0.2) is 78.9 Å². The molecule has 0 radical (unpaired) electrons. The highest BCUT2D eigenvalue weighted by Gasteiger charge is 2.36. The average molecular weight is 400 g/mol. The maximum Gasteiger partial charge on any atom is 0.254 e. The minimum Gasteiger partial charge on any atom is -0.497 e. The standard InChI is InChI=1S/C25H24N2O3/c1-18-24(28)27(23-14-7-6-13-22(23)19-9-4-3-5-10-19)16-15-26(18)25(29)20-11-8-12-21(17-20)30-2/h3-14,17-18H,15-16H2,1-2H3. The lowest BCUT2D eigenvalue weighted by Gasteiger charge is -2.39. The van der Waals surface area contributed by atoms with Gasteiger partial charge in [0.05, 0.1) is 12.8 Å². The quantitative estimate of drug-likeness (QED) is 0.658. The van der Waals surface area contributed by atoms with Crippen LogP contribution in [0.25, 0.3) is 11.1 Å². The fraction of sp³-hybridized carbons (Fsp3) is 0.200. The Balaban J connectivity index is 1.60. The number of hydrogen-bond acceptors (Lipinski definition) is 3. The first-order valence-electron chi connectivity index (χ1n) is 10.0. The van der Waals surface area contributed by atoms with Gasteiger partial charge in [-0.05, 0) is 36.8 Å². The largest absolute Gasteiger partial charge is 0.497 e. The molecule has 1 aliphatic rings. The first-order valence-corrected chi connectivity index (χ1v) is 10.0. The summed E-state index contributed by atoms with van der Waals surface area (Å²) in [5.41, 5.74) is 3.45. The number of anilines is 1. The third-order valence-electron chi connectivity index (χ3n) is 5.51. The van der Waals surface area contributed by atoms with Crippen LogP contribution in [0, 0.1) is 0 Å². The summed E-state index contributed by atoms with van der Waals surface area (Å²) >= 11 is 0. The lowest BCUT2D eigenvalue weighted by atomic mass is 10.0. The van der Waals surface area contributed by atoms with Crippen LogP contribution in [0.4, 0.5) is 5.69 Å². The zero-order valence-electron chi connectivity index (χ0n) is 17.1. The monoisotopic (exact) mass is 400 g/mol. The zero-order chi connectivity index (χ0) is 21.1. The first kappa shape index (κ1) is 19.7. The molecule has 152 valence electrons. The maximum absolute atomic E-state index is 13.3. The van der Waals surface area contributed by atoms with E-state index in [0.29, 0.717) is 24.4 Å². The van der Waals surface area contributed by atoms with E-state index < -0.39 is 6.04 Å². The molecule has 0 bridgehead atoms. The van der Waals surface area contributed by atoms with Gasteiger partial charge in [-0.25, -0.2) is 0 Å². The summed E-state index contributed by atoms with van der Waals surface area (Å²) < 4.78 is 5.22. The molecule has 0 spiro atoms. The second-order valence-electron chi connectivity index (χ2n) is 7.28. The molecule has 1 atom stereocenters. The second kappa shape index (κ2) is 8.41. The summed E-state index contributed by atoms with van der Waals surface area (Å²) in [6, 6.07) is 24.4. The fourth-order valence-electron chi connectivity index (χ4n) is 3.88. The molecular weight excluding hydrogens is 376 g/mol. The molecule has 1 fully saturated rings. The molecule has 1 saturated heterocycles. The molecule has 0 N–H and O–H groups in total. The number of rotatable bonds is 4. The molecule has 5 heteroatoms. The van der Waals surface area contributed by atoms with Gasteiger partial charge in [0.2, 0.25) is 5.91 Å². The molecule has 30 heavy (non-hydrogen) atoms. The van der Waals surface area contributed by atoms with Crippen LogP contribution >= 0.6 is 0 Å². The van der Waals surface area contributed by atoms with Crippen LogP contribution in [0.5, 0.6) is 5.75 Å². The zero-order valence-corrected chi connectivity index (χ0v) is 17.1. The van der Waals surface area contributed by atoms with Crippen molar-refractivity contribution >= 4 is 17.5 Å². The number of hydrogen-bond donors (Lipinski definition) is 0. The fourth-order valence-corrected chi connectivity index (χ4v) is 3.88. The smallest absolute Gasteiger partial charge is 0.254 e. The summed E-state index contributed by atoms with van der Waals surface area (Å²) in [6.45, 7) is 2.70. The van der Waals surface area contributed by atoms with Crippen molar-refractivity contribution in [2.75, 3.05) is 25.1 Å². The Kier molecular flexibility index (Phi) is 5.53. The van der Waals surface area contributed by atoms with Crippen molar-refractivity contribution < 1.29 is 14.3 Å². The Morgan fingerprint density at radius 2 is 1.67 bits per heavy atom. The van der Waals surface area contributed by atoms with Crippen LogP contribution in [-0.4, -0.2) is 43.0 Å². The number of amides is 2. The van der Waals surface area contributed by atoms with Crippen molar-refractivity contribution in [2.24, 2.45) is 0 Å². The number of carbonyl (C=O) groups is 2.